The van der Waals surface area contributed by atoms with E-state index in [0.29, 0.717) is 18.1 Å². The van der Waals surface area contributed by atoms with Crippen molar-refractivity contribution in [3.63, 3.8) is 0 Å². The Labute approximate surface area is 136 Å². The first-order valence-corrected chi connectivity index (χ1v) is 7.12. The number of rotatable bonds is 4. The van der Waals surface area contributed by atoms with Crippen molar-refractivity contribution >= 4 is 11.7 Å². The van der Waals surface area contributed by atoms with Crippen molar-refractivity contribution in [2.45, 2.75) is 13.5 Å². The average molecular weight is 327 g/mol. The molecule has 2 heterocycles. The maximum atomic E-state index is 14.0. The number of pyridine rings is 1. The highest BCUT2D eigenvalue weighted by Crippen LogP contribution is 2.18. The minimum Gasteiger partial charge on any atom is -0.334 e. The Balaban J connectivity index is 1.69. The SMILES string of the molecule is Cc1nnnn1-c1cc(NC(=O)NCc2cccnc2)ccc1F. The third kappa shape index (κ3) is 3.51. The number of halogens is 1. The number of tetrazole rings is 1. The van der Waals surface area contributed by atoms with Gasteiger partial charge in [-0.15, -0.1) is 5.10 Å². The lowest BCUT2D eigenvalue weighted by molar-refractivity contribution is 0.251. The van der Waals surface area contributed by atoms with Crippen LogP contribution in [0.2, 0.25) is 0 Å². The molecule has 0 spiro atoms. The number of urea groups is 1. The van der Waals surface area contributed by atoms with Crippen LogP contribution >= 0.6 is 0 Å². The minimum atomic E-state index is -0.494. The minimum absolute atomic E-state index is 0.155. The first-order valence-electron chi connectivity index (χ1n) is 7.12. The molecule has 0 aliphatic heterocycles. The van der Waals surface area contributed by atoms with E-state index in [1.807, 2.05) is 6.07 Å². The van der Waals surface area contributed by atoms with E-state index in [1.54, 1.807) is 25.4 Å². The summed E-state index contributed by atoms with van der Waals surface area (Å²) in [5.41, 5.74) is 1.45. The van der Waals surface area contributed by atoms with Crippen LogP contribution in [0.15, 0.2) is 42.7 Å². The van der Waals surface area contributed by atoms with E-state index >= 15 is 0 Å². The molecule has 1 aromatic carbocycles. The van der Waals surface area contributed by atoms with Crippen molar-refractivity contribution in [3.05, 3.63) is 59.9 Å². The Bertz CT molecular complexity index is 850. The second-order valence-electron chi connectivity index (χ2n) is 4.97. The van der Waals surface area contributed by atoms with Crippen molar-refractivity contribution in [3.8, 4) is 5.69 Å². The van der Waals surface area contributed by atoms with Gasteiger partial charge < -0.3 is 10.6 Å². The monoisotopic (exact) mass is 327 g/mol. The highest BCUT2D eigenvalue weighted by molar-refractivity contribution is 5.89. The number of nitrogens with one attached hydrogen (secondary N) is 2. The van der Waals surface area contributed by atoms with Gasteiger partial charge in [-0.05, 0) is 47.2 Å². The zero-order chi connectivity index (χ0) is 16.9. The van der Waals surface area contributed by atoms with Gasteiger partial charge in [0.05, 0.1) is 0 Å². The predicted octanol–water partition coefficient (Wildman–Crippen LogP) is 1.83. The maximum Gasteiger partial charge on any atom is 0.319 e. The predicted molar refractivity (Wildman–Crippen MR) is 83.9 cm³/mol. The Morgan fingerprint density at radius 3 is 2.92 bits per heavy atom. The van der Waals surface area contributed by atoms with Gasteiger partial charge in [-0.1, -0.05) is 6.07 Å². The van der Waals surface area contributed by atoms with Crippen molar-refractivity contribution in [1.29, 1.82) is 0 Å². The fraction of sp³-hybridized carbons (Fsp3) is 0.133. The number of aromatic nitrogens is 5. The summed E-state index contributed by atoms with van der Waals surface area (Å²) in [5, 5.41) is 16.3. The van der Waals surface area contributed by atoms with Crippen LogP contribution in [-0.2, 0) is 6.54 Å². The van der Waals surface area contributed by atoms with Crippen molar-refractivity contribution in [2.24, 2.45) is 0 Å². The van der Waals surface area contributed by atoms with Crippen LogP contribution in [0.4, 0.5) is 14.9 Å². The fourth-order valence-electron chi connectivity index (χ4n) is 2.07. The molecule has 0 atom stereocenters. The number of nitrogens with zero attached hydrogens (tertiary/aromatic N) is 5. The normalized spacial score (nSPS) is 10.4. The quantitative estimate of drug-likeness (QED) is 0.762. The lowest BCUT2D eigenvalue weighted by Gasteiger charge is -2.10. The number of benzene rings is 1. The molecular weight excluding hydrogens is 313 g/mol. The third-order valence-corrected chi connectivity index (χ3v) is 3.23. The van der Waals surface area contributed by atoms with Gasteiger partial charge in [0.1, 0.15) is 11.5 Å². The summed E-state index contributed by atoms with van der Waals surface area (Å²) in [6.45, 7) is 1.99. The Morgan fingerprint density at radius 2 is 2.21 bits per heavy atom. The van der Waals surface area contributed by atoms with E-state index in [0.717, 1.165) is 5.56 Å². The van der Waals surface area contributed by atoms with Crippen LogP contribution in [0.5, 0.6) is 0 Å². The van der Waals surface area contributed by atoms with Crippen LogP contribution in [0, 0.1) is 12.7 Å². The van der Waals surface area contributed by atoms with E-state index in [9.17, 15) is 9.18 Å². The number of anilines is 1. The largest absolute Gasteiger partial charge is 0.334 e. The molecule has 3 aromatic rings. The standard InChI is InChI=1S/C15H14FN7O/c1-10-20-21-22-23(10)14-7-12(4-5-13(14)16)19-15(24)18-9-11-3-2-6-17-8-11/h2-8H,9H2,1H3,(H2,18,19,24). The van der Waals surface area contributed by atoms with Crippen LogP contribution in [0.25, 0.3) is 5.69 Å². The van der Waals surface area contributed by atoms with E-state index in [-0.39, 0.29) is 5.69 Å². The second kappa shape index (κ2) is 6.82. The molecule has 0 saturated heterocycles. The van der Waals surface area contributed by atoms with Gasteiger partial charge in [0, 0.05) is 24.6 Å². The Morgan fingerprint density at radius 1 is 1.33 bits per heavy atom. The zero-order valence-electron chi connectivity index (χ0n) is 12.8. The highest BCUT2D eigenvalue weighted by Gasteiger charge is 2.11. The molecule has 0 aliphatic carbocycles. The molecular formula is C15H14FN7O. The van der Waals surface area contributed by atoms with Gasteiger partial charge in [0.15, 0.2) is 5.82 Å². The molecule has 0 bridgehead atoms. The molecule has 122 valence electrons. The molecule has 0 aliphatic rings. The van der Waals surface area contributed by atoms with E-state index in [2.05, 4.69) is 31.1 Å². The molecule has 0 radical (unpaired) electrons. The highest BCUT2D eigenvalue weighted by atomic mass is 19.1. The van der Waals surface area contributed by atoms with Gasteiger partial charge >= 0.3 is 6.03 Å². The summed E-state index contributed by atoms with van der Waals surface area (Å²) in [7, 11) is 0. The summed E-state index contributed by atoms with van der Waals surface area (Å²) in [6.07, 6.45) is 3.32. The van der Waals surface area contributed by atoms with E-state index in [1.165, 1.54) is 22.9 Å². The lowest BCUT2D eigenvalue weighted by atomic mass is 10.2. The zero-order valence-corrected chi connectivity index (χ0v) is 12.8. The smallest absolute Gasteiger partial charge is 0.319 e. The number of amides is 2. The number of hydrogen-bond acceptors (Lipinski definition) is 5. The van der Waals surface area contributed by atoms with Crippen LogP contribution < -0.4 is 10.6 Å². The van der Waals surface area contributed by atoms with Gasteiger partial charge in [0.25, 0.3) is 0 Å². The number of aryl methyl sites for hydroxylation is 1. The van der Waals surface area contributed by atoms with Gasteiger partial charge in [-0.2, -0.15) is 4.68 Å². The number of hydrogen-bond donors (Lipinski definition) is 2. The first kappa shape index (κ1) is 15.5. The summed E-state index contributed by atoms with van der Waals surface area (Å²) >= 11 is 0. The van der Waals surface area contributed by atoms with Gasteiger partial charge in [-0.3, -0.25) is 4.98 Å². The number of carbonyl (C=O) groups is 1. The van der Waals surface area contributed by atoms with Crippen LogP contribution in [-0.4, -0.2) is 31.2 Å². The van der Waals surface area contributed by atoms with Crippen molar-refractivity contribution in [1.82, 2.24) is 30.5 Å². The summed E-state index contributed by atoms with van der Waals surface area (Å²) in [5.74, 6) is -0.0567. The van der Waals surface area contributed by atoms with E-state index < -0.39 is 11.8 Å². The average Bonchev–Trinajstić information content (AvgIpc) is 3.01. The molecule has 0 fully saturated rings. The van der Waals surface area contributed by atoms with Crippen LogP contribution in [0.1, 0.15) is 11.4 Å². The van der Waals surface area contributed by atoms with Gasteiger partial charge in [0.2, 0.25) is 0 Å². The molecule has 24 heavy (non-hydrogen) atoms. The molecule has 2 aromatic heterocycles. The molecule has 9 heteroatoms. The van der Waals surface area contributed by atoms with Crippen LogP contribution in [0.3, 0.4) is 0 Å². The Hall–Kier alpha value is -3.36. The molecule has 2 amide bonds. The first-order chi connectivity index (χ1) is 11.6. The molecule has 2 N–H and O–H groups in total. The van der Waals surface area contributed by atoms with Gasteiger partial charge in [-0.25, -0.2) is 9.18 Å². The van der Waals surface area contributed by atoms with Crippen molar-refractivity contribution in [2.75, 3.05) is 5.32 Å². The third-order valence-electron chi connectivity index (χ3n) is 3.23. The second-order valence-corrected chi connectivity index (χ2v) is 4.97. The Kier molecular flexibility index (Phi) is 4.41. The molecule has 0 saturated carbocycles. The number of carbonyl (C=O) groups excluding carboxylic acids is 1. The van der Waals surface area contributed by atoms with Crippen molar-refractivity contribution < 1.29 is 9.18 Å². The maximum absolute atomic E-state index is 14.0. The molecule has 8 nitrogen and oxygen atoms in total. The topological polar surface area (TPSA) is 97.6 Å². The molecule has 0 unspecified atom stereocenters. The lowest BCUT2D eigenvalue weighted by Crippen LogP contribution is -2.28. The fourth-order valence-corrected chi connectivity index (χ4v) is 2.07. The van der Waals surface area contributed by atoms with E-state index in [4.69, 9.17) is 0 Å². The summed E-state index contributed by atoms with van der Waals surface area (Å²) in [4.78, 5) is 15.9. The summed E-state index contributed by atoms with van der Waals surface area (Å²) < 4.78 is 15.2. The summed E-state index contributed by atoms with van der Waals surface area (Å²) in [6, 6.07) is 7.39. The molecule has 3 rings (SSSR count).